The van der Waals surface area contributed by atoms with E-state index in [0.29, 0.717) is 6.54 Å². The Hall–Kier alpha value is -1.88. The van der Waals surface area contributed by atoms with Crippen LogP contribution in [0.15, 0.2) is 11.8 Å². The molecule has 10 heteroatoms. The van der Waals surface area contributed by atoms with Crippen molar-refractivity contribution in [1.82, 2.24) is 10.6 Å². The van der Waals surface area contributed by atoms with Crippen LogP contribution in [0.4, 0.5) is 4.79 Å². The monoisotopic (exact) mass is 319 g/mol. The van der Waals surface area contributed by atoms with Gasteiger partial charge in [0.2, 0.25) is 5.76 Å². The first-order chi connectivity index (χ1) is 10.3. The Labute approximate surface area is 126 Å². The smallest absolute Gasteiger partial charge is 0.370 e. The maximum atomic E-state index is 11.6. The van der Waals surface area contributed by atoms with Crippen LogP contribution >= 0.6 is 0 Å². The van der Waals surface area contributed by atoms with Crippen LogP contribution in [0.5, 0.6) is 0 Å². The Kier molecular flexibility index (Phi) is 6.56. The highest BCUT2D eigenvalue weighted by Crippen LogP contribution is 2.21. The third kappa shape index (κ3) is 4.31. The molecule has 0 aromatic rings. The van der Waals surface area contributed by atoms with E-state index in [2.05, 4.69) is 10.6 Å². The fourth-order valence-electron chi connectivity index (χ4n) is 2.03. The summed E-state index contributed by atoms with van der Waals surface area (Å²) in [5.41, 5.74) is 5.80. The quantitative estimate of drug-likeness (QED) is 0.272. The van der Waals surface area contributed by atoms with Gasteiger partial charge in [-0.15, -0.1) is 0 Å². The van der Waals surface area contributed by atoms with E-state index < -0.39 is 54.8 Å². The van der Waals surface area contributed by atoms with Crippen molar-refractivity contribution in [3.63, 3.8) is 0 Å². The first-order valence-corrected chi connectivity index (χ1v) is 6.70. The Morgan fingerprint density at radius 1 is 1.45 bits per heavy atom. The van der Waals surface area contributed by atoms with Gasteiger partial charge in [0.25, 0.3) is 0 Å². The molecule has 2 amide bonds. The van der Waals surface area contributed by atoms with Crippen molar-refractivity contribution in [3.05, 3.63) is 11.8 Å². The van der Waals surface area contributed by atoms with Crippen LogP contribution in [-0.4, -0.2) is 76.0 Å². The summed E-state index contributed by atoms with van der Waals surface area (Å²) in [5.74, 6) is -1.90. The Balaban J connectivity index is 3.01. The Morgan fingerprint density at radius 2 is 2.09 bits per heavy atom. The second-order valence-electron chi connectivity index (χ2n) is 4.77. The zero-order valence-electron chi connectivity index (χ0n) is 12.0. The fourth-order valence-corrected chi connectivity index (χ4v) is 2.03. The number of nitrogens with two attached hydrogens (primary N) is 1. The molecule has 8 N–H and O–H groups in total. The van der Waals surface area contributed by atoms with Gasteiger partial charge in [0.1, 0.15) is 18.3 Å². The summed E-state index contributed by atoms with van der Waals surface area (Å²) in [5, 5.41) is 42.3. The summed E-state index contributed by atoms with van der Waals surface area (Å²) >= 11 is 0. The molecule has 0 unspecified atom stereocenters. The molecule has 0 aliphatic carbocycles. The van der Waals surface area contributed by atoms with E-state index in [9.17, 15) is 19.8 Å². The van der Waals surface area contributed by atoms with Gasteiger partial charge >= 0.3 is 12.0 Å². The van der Waals surface area contributed by atoms with Crippen LogP contribution in [0.3, 0.4) is 0 Å². The number of ether oxygens (including phenoxy) is 1. The number of carbonyl (C=O) groups excluding carboxylic acids is 1. The number of hydrogen-bond acceptors (Lipinski definition) is 7. The van der Waals surface area contributed by atoms with E-state index in [1.54, 1.807) is 6.92 Å². The Morgan fingerprint density at radius 3 is 2.59 bits per heavy atom. The number of urea groups is 1. The summed E-state index contributed by atoms with van der Waals surface area (Å²) in [6, 6.07) is -2.55. The lowest BCUT2D eigenvalue weighted by Gasteiger charge is -2.38. The number of carboxylic acid groups (broad SMARTS) is 1. The summed E-state index contributed by atoms with van der Waals surface area (Å²) in [7, 11) is 0. The molecule has 0 saturated heterocycles. The minimum absolute atomic E-state index is 0.345. The molecule has 0 aromatic carbocycles. The highest BCUT2D eigenvalue weighted by atomic mass is 16.5. The fraction of sp³-hybridized carbons (Fsp3) is 0.667. The lowest BCUT2D eigenvalue weighted by Crippen LogP contribution is -2.63. The molecule has 0 bridgehead atoms. The van der Waals surface area contributed by atoms with Crippen LogP contribution in [0, 0.1) is 0 Å². The van der Waals surface area contributed by atoms with Gasteiger partial charge in [0.15, 0.2) is 0 Å². The highest BCUT2D eigenvalue weighted by molar-refractivity contribution is 5.84. The van der Waals surface area contributed by atoms with Gasteiger partial charge in [-0.2, -0.15) is 0 Å². The Bertz CT molecular complexity index is 442. The molecule has 1 rings (SSSR count). The average Bonchev–Trinajstić information content (AvgIpc) is 2.47. The maximum absolute atomic E-state index is 11.6. The SMILES string of the molecule is CCNC(=O)N[C@H]1[C@H]([C@H](O)[C@H](O)CO)OC(C(=O)O)=C[C@@H]1N. The van der Waals surface area contributed by atoms with Crippen molar-refractivity contribution in [1.29, 1.82) is 0 Å². The molecule has 5 atom stereocenters. The molecule has 0 spiro atoms. The molecule has 0 aromatic heterocycles. The highest BCUT2D eigenvalue weighted by Gasteiger charge is 2.42. The van der Waals surface area contributed by atoms with Gasteiger partial charge in [-0.25, -0.2) is 9.59 Å². The van der Waals surface area contributed by atoms with Crippen LogP contribution in [0.2, 0.25) is 0 Å². The maximum Gasteiger partial charge on any atom is 0.370 e. The number of aliphatic carboxylic acids is 1. The number of carbonyl (C=O) groups is 2. The van der Waals surface area contributed by atoms with E-state index >= 15 is 0 Å². The first kappa shape index (κ1) is 18.2. The third-order valence-electron chi connectivity index (χ3n) is 3.14. The van der Waals surface area contributed by atoms with E-state index in [1.807, 2.05) is 0 Å². The number of rotatable bonds is 6. The van der Waals surface area contributed by atoms with Crippen LogP contribution in [0.25, 0.3) is 0 Å². The zero-order valence-corrected chi connectivity index (χ0v) is 12.0. The molecule has 0 fully saturated rings. The number of hydrogen-bond donors (Lipinski definition) is 7. The van der Waals surface area contributed by atoms with Crippen molar-refractivity contribution >= 4 is 12.0 Å². The number of aliphatic hydroxyl groups excluding tert-OH is 3. The molecule has 0 saturated carbocycles. The lowest BCUT2D eigenvalue weighted by molar-refractivity contribution is -0.144. The van der Waals surface area contributed by atoms with Gasteiger partial charge in [0, 0.05) is 6.54 Å². The largest absolute Gasteiger partial charge is 0.478 e. The van der Waals surface area contributed by atoms with Crippen LogP contribution < -0.4 is 16.4 Å². The second-order valence-corrected chi connectivity index (χ2v) is 4.77. The lowest BCUT2D eigenvalue weighted by atomic mass is 9.93. The molecular weight excluding hydrogens is 298 g/mol. The first-order valence-electron chi connectivity index (χ1n) is 6.70. The average molecular weight is 319 g/mol. The van der Waals surface area contributed by atoms with Gasteiger partial charge < -0.3 is 41.5 Å². The summed E-state index contributed by atoms with van der Waals surface area (Å²) in [4.78, 5) is 22.6. The molecule has 0 radical (unpaired) electrons. The number of aliphatic hydroxyl groups is 3. The van der Waals surface area contributed by atoms with E-state index in [4.69, 9.17) is 20.7 Å². The van der Waals surface area contributed by atoms with Gasteiger partial charge in [-0.1, -0.05) is 0 Å². The third-order valence-corrected chi connectivity index (χ3v) is 3.14. The summed E-state index contributed by atoms with van der Waals surface area (Å²) in [6.07, 6.45) is -3.47. The standard InChI is InChI=1S/C12H21N3O7/c1-2-14-12(21)15-8-5(13)3-7(11(19)20)22-10(8)9(18)6(17)4-16/h3,5-6,8-10,16-18H,2,4,13H2,1H3,(H,19,20)(H2,14,15,21)/t5-,6+,8+,9+,10+/m0/s1. The number of carboxylic acids is 1. The molecule has 1 aliphatic heterocycles. The minimum atomic E-state index is -1.65. The second kappa shape index (κ2) is 7.94. The minimum Gasteiger partial charge on any atom is -0.478 e. The van der Waals surface area contributed by atoms with E-state index in [-0.39, 0.29) is 0 Å². The predicted octanol–water partition coefficient (Wildman–Crippen LogP) is -2.92. The van der Waals surface area contributed by atoms with Crippen LogP contribution in [-0.2, 0) is 9.53 Å². The molecule has 10 nitrogen and oxygen atoms in total. The molecular formula is C12H21N3O7. The van der Waals surface area contributed by atoms with Crippen molar-refractivity contribution < 1.29 is 34.8 Å². The van der Waals surface area contributed by atoms with Crippen LogP contribution in [0.1, 0.15) is 6.92 Å². The predicted molar refractivity (Wildman–Crippen MR) is 73.7 cm³/mol. The zero-order chi connectivity index (χ0) is 16.9. The summed E-state index contributed by atoms with van der Waals surface area (Å²) < 4.78 is 5.11. The van der Waals surface area contributed by atoms with E-state index in [0.717, 1.165) is 6.08 Å². The van der Waals surface area contributed by atoms with Crippen molar-refractivity contribution in [2.24, 2.45) is 5.73 Å². The molecule has 22 heavy (non-hydrogen) atoms. The molecule has 1 aliphatic rings. The normalized spacial score (nSPS) is 27.1. The molecule has 1 heterocycles. The van der Waals surface area contributed by atoms with Gasteiger partial charge in [-0.3, -0.25) is 0 Å². The number of nitrogens with one attached hydrogen (secondary N) is 2. The van der Waals surface area contributed by atoms with E-state index in [1.165, 1.54) is 0 Å². The van der Waals surface area contributed by atoms with Gasteiger partial charge in [-0.05, 0) is 13.0 Å². The van der Waals surface area contributed by atoms with Gasteiger partial charge in [0.05, 0.1) is 18.7 Å². The summed E-state index contributed by atoms with van der Waals surface area (Å²) in [6.45, 7) is 1.27. The van der Waals surface area contributed by atoms with Crippen molar-refractivity contribution in [2.75, 3.05) is 13.2 Å². The van der Waals surface area contributed by atoms with Crippen molar-refractivity contribution in [2.45, 2.75) is 37.3 Å². The number of amides is 2. The molecule has 126 valence electrons. The van der Waals surface area contributed by atoms with Crippen molar-refractivity contribution in [3.8, 4) is 0 Å². The topological polar surface area (TPSA) is 174 Å².